The van der Waals surface area contributed by atoms with Crippen molar-refractivity contribution < 1.29 is 9.59 Å². The second kappa shape index (κ2) is 9.76. The van der Waals surface area contributed by atoms with E-state index in [0.717, 1.165) is 16.2 Å². The van der Waals surface area contributed by atoms with Gasteiger partial charge in [-0.1, -0.05) is 44.5 Å². The second-order valence-electron chi connectivity index (χ2n) is 7.11. The minimum absolute atomic E-state index is 0.153. The van der Waals surface area contributed by atoms with Crippen molar-refractivity contribution >= 4 is 41.0 Å². The zero-order chi connectivity index (χ0) is 19.9. The number of carbonyl (C=O) groups is 2. The number of thiophene rings is 1. The molecule has 2 aromatic rings. The van der Waals surface area contributed by atoms with Gasteiger partial charge >= 0.3 is 0 Å². The second-order valence-corrected chi connectivity index (χ2v) is 10.0. The Morgan fingerprint density at radius 2 is 1.96 bits per heavy atom. The summed E-state index contributed by atoms with van der Waals surface area (Å²) in [6.07, 6.45) is 1.71. The van der Waals surface area contributed by atoms with Gasteiger partial charge in [0.2, 0.25) is 0 Å². The van der Waals surface area contributed by atoms with Crippen molar-refractivity contribution in [3.05, 3.63) is 63.5 Å². The molecule has 6 heteroatoms. The van der Waals surface area contributed by atoms with Gasteiger partial charge in [-0.3, -0.25) is 9.59 Å². The summed E-state index contributed by atoms with van der Waals surface area (Å²) in [4.78, 5) is 26.1. The SMILES string of the molecule is Cc1cccc(C(=O)N/C(=C\c2cccs2)C(=O)NCCSC(C)(C)C)c1. The number of aryl methyl sites for hydroxylation is 1. The van der Waals surface area contributed by atoms with Crippen LogP contribution in [-0.4, -0.2) is 28.9 Å². The van der Waals surface area contributed by atoms with E-state index in [1.807, 2.05) is 36.6 Å². The summed E-state index contributed by atoms with van der Waals surface area (Å²) in [5, 5.41) is 7.60. The van der Waals surface area contributed by atoms with Gasteiger partial charge in [0.1, 0.15) is 5.70 Å². The Morgan fingerprint density at radius 1 is 1.19 bits per heavy atom. The zero-order valence-corrected chi connectivity index (χ0v) is 17.8. The van der Waals surface area contributed by atoms with E-state index in [2.05, 4.69) is 31.4 Å². The number of thioether (sulfide) groups is 1. The highest BCUT2D eigenvalue weighted by molar-refractivity contribution is 8.00. The molecule has 1 aromatic carbocycles. The fourth-order valence-corrected chi connectivity index (χ4v) is 3.75. The van der Waals surface area contributed by atoms with Gasteiger partial charge in [0.15, 0.2) is 0 Å². The van der Waals surface area contributed by atoms with Crippen molar-refractivity contribution in [1.29, 1.82) is 0 Å². The van der Waals surface area contributed by atoms with Crippen molar-refractivity contribution in [1.82, 2.24) is 10.6 Å². The Balaban J connectivity index is 2.07. The molecule has 0 unspecified atom stereocenters. The van der Waals surface area contributed by atoms with Gasteiger partial charge in [-0.05, 0) is 36.6 Å². The van der Waals surface area contributed by atoms with Crippen LogP contribution >= 0.6 is 23.1 Å². The monoisotopic (exact) mass is 402 g/mol. The molecule has 0 saturated carbocycles. The molecule has 2 rings (SSSR count). The Labute approximate surface area is 169 Å². The van der Waals surface area contributed by atoms with Crippen LogP contribution in [0.3, 0.4) is 0 Å². The third-order valence-corrected chi connectivity index (χ3v) is 5.62. The number of hydrogen-bond acceptors (Lipinski definition) is 4. The molecule has 144 valence electrons. The molecule has 1 aromatic heterocycles. The van der Waals surface area contributed by atoms with Crippen molar-refractivity contribution in [2.24, 2.45) is 0 Å². The largest absolute Gasteiger partial charge is 0.350 e. The van der Waals surface area contributed by atoms with Crippen LogP contribution < -0.4 is 10.6 Å². The van der Waals surface area contributed by atoms with Crippen LogP contribution in [0.15, 0.2) is 47.5 Å². The highest BCUT2D eigenvalue weighted by atomic mass is 32.2. The summed E-state index contributed by atoms with van der Waals surface area (Å²) in [5.41, 5.74) is 1.78. The van der Waals surface area contributed by atoms with E-state index in [1.54, 1.807) is 30.0 Å². The number of rotatable bonds is 7. The Bertz CT molecular complexity index is 806. The van der Waals surface area contributed by atoms with Gasteiger partial charge in [-0.25, -0.2) is 0 Å². The van der Waals surface area contributed by atoms with E-state index in [4.69, 9.17) is 0 Å². The lowest BCUT2D eigenvalue weighted by molar-refractivity contribution is -0.117. The standard InChI is InChI=1S/C21H26N2O2S2/c1-15-7-5-8-16(13-15)19(24)23-18(14-17-9-6-11-26-17)20(25)22-10-12-27-21(2,3)4/h5-9,11,13-14H,10,12H2,1-4H3,(H,22,25)(H,23,24)/b18-14-. The lowest BCUT2D eigenvalue weighted by atomic mass is 10.1. The summed E-state index contributed by atoms with van der Waals surface area (Å²) in [6, 6.07) is 11.1. The topological polar surface area (TPSA) is 58.2 Å². The highest BCUT2D eigenvalue weighted by Gasteiger charge is 2.16. The third kappa shape index (κ3) is 7.61. The quantitative estimate of drug-likeness (QED) is 0.530. The van der Waals surface area contributed by atoms with Gasteiger partial charge in [-0.2, -0.15) is 11.8 Å². The van der Waals surface area contributed by atoms with Crippen LogP contribution in [0.4, 0.5) is 0 Å². The molecule has 0 radical (unpaired) electrons. The number of benzene rings is 1. The number of amides is 2. The first-order chi connectivity index (χ1) is 12.7. The smallest absolute Gasteiger partial charge is 0.267 e. The van der Waals surface area contributed by atoms with Crippen LogP contribution in [0.25, 0.3) is 6.08 Å². The van der Waals surface area contributed by atoms with Crippen LogP contribution in [0.5, 0.6) is 0 Å². The lowest BCUT2D eigenvalue weighted by Gasteiger charge is -2.17. The van der Waals surface area contributed by atoms with Crippen LogP contribution in [-0.2, 0) is 4.79 Å². The average Bonchev–Trinajstić information content (AvgIpc) is 3.10. The van der Waals surface area contributed by atoms with Gasteiger partial charge in [0.25, 0.3) is 11.8 Å². The summed E-state index contributed by atoms with van der Waals surface area (Å²) >= 11 is 3.30. The van der Waals surface area contributed by atoms with Crippen LogP contribution in [0.1, 0.15) is 41.6 Å². The maximum Gasteiger partial charge on any atom is 0.267 e. The molecule has 0 aliphatic heterocycles. The van der Waals surface area contributed by atoms with Gasteiger partial charge in [0.05, 0.1) is 0 Å². The molecule has 4 nitrogen and oxygen atoms in total. The molecule has 0 bridgehead atoms. The summed E-state index contributed by atoms with van der Waals surface area (Å²) in [7, 11) is 0. The van der Waals surface area contributed by atoms with E-state index in [1.165, 1.54) is 11.3 Å². The van der Waals surface area contributed by atoms with Crippen LogP contribution in [0.2, 0.25) is 0 Å². The third-order valence-electron chi connectivity index (χ3n) is 3.53. The molecule has 0 fully saturated rings. The molecule has 0 spiro atoms. The Kier molecular flexibility index (Phi) is 7.68. The van der Waals surface area contributed by atoms with Gasteiger partial charge in [0, 0.05) is 27.5 Å². The molecule has 0 atom stereocenters. The van der Waals surface area contributed by atoms with E-state index in [0.29, 0.717) is 12.1 Å². The first-order valence-corrected chi connectivity index (χ1v) is 10.7. The van der Waals surface area contributed by atoms with Crippen molar-refractivity contribution in [2.45, 2.75) is 32.4 Å². The van der Waals surface area contributed by atoms with E-state index in [9.17, 15) is 9.59 Å². The number of hydrogen-bond donors (Lipinski definition) is 2. The summed E-state index contributed by atoms with van der Waals surface area (Å²) in [6.45, 7) is 8.90. The maximum absolute atomic E-state index is 12.6. The summed E-state index contributed by atoms with van der Waals surface area (Å²) in [5.74, 6) is 0.243. The summed E-state index contributed by atoms with van der Waals surface area (Å²) < 4.78 is 0.153. The van der Waals surface area contributed by atoms with E-state index < -0.39 is 0 Å². The van der Waals surface area contributed by atoms with Crippen molar-refractivity contribution in [3.63, 3.8) is 0 Å². The first kappa shape index (κ1) is 21.3. The lowest BCUT2D eigenvalue weighted by Crippen LogP contribution is -2.36. The number of carbonyl (C=O) groups excluding carboxylic acids is 2. The van der Waals surface area contributed by atoms with Gasteiger partial charge in [-0.15, -0.1) is 11.3 Å². The minimum Gasteiger partial charge on any atom is -0.350 e. The Hall–Kier alpha value is -2.05. The minimum atomic E-state index is -0.291. The molecular weight excluding hydrogens is 376 g/mol. The molecule has 0 aliphatic rings. The maximum atomic E-state index is 12.6. The Morgan fingerprint density at radius 3 is 2.59 bits per heavy atom. The normalized spacial score (nSPS) is 11.9. The molecule has 2 N–H and O–H groups in total. The molecular formula is C21H26N2O2S2. The van der Waals surface area contributed by atoms with Crippen LogP contribution in [0, 0.1) is 6.92 Å². The molecule has 27 heavy (non-hydrogen) atoms. The van der Waals surface area contributed by atoms with E-state index in [-0.39, 0.29) is 22.3 Å². The zero-order valence-electron chi connectivity index (χ0n) is 16.2. The van der Waals surface area contributed by atoms with Crippen molar-refractivity contribution in [3.8, 4) is 0 Å². The van der Waals surface area contributed by atoms with Gasteiger partial charge < -0.3 is 10.6 Å². The fraction of sp³-hybridized carbons (Fsp3) is 0.333. The number of nitrogens with one attached hydrogen (secondary N) is 2. The molecule has 0 saturated heterocycles. The average molecular weight is 403 g/mol. The predicted octanol–water partition coefficient (Wildman–Crippen LogP) is 4.48. The van der Waals surface area contributed by atoms with E-state index >= 15 is 0 Å². The predicted molar refractivity (Wildman–Crippen MR) is 116 cm³/mol. The van der Waals surface area contributed by atoms with Crippen molar-refractivity contribution in [2.75, 3.05) is 12.3 Å². The first-order valence-electron chi connectivity index (χ1n) is 8.80. The fourth-order valence-electron chi connectivity index (χ4n) is 2.27. The molecule has 0 aliphatic carbocycles. The molecule has 1 heterocycles. The highest BCUT2D eigenvalue weighted by Crippen LogP contribution is 2.22. The molecule has 2 amide bonds.